The smallest absolute Gasteiger partial charge is 0.280 e. The van der Waals surface area contributed by atoms with Gasteiger partial charge in [0.1, 0.15) is 0 Å². The van der Waals surface area contributed by atoms with Crippen LogP contribution in [-0.4, -0.2) is 19.1 Å². The Balaban J connectivity index is 2.61. The summed E-state index contributed by atoms with van der Waals surface area (Å²) in [5.41, 5.74) is 1.23. The number of nitro benzene ring substituents is 1. The molecule has 0 bridgehead atoms. The van der Waals surface area contributed by atoms with E-state index >= 15 is 0 Å². The largest absolute Gasteiger partial charge is 0.493 e. The molecule has 2 aromatic carbocycles. The minimum Gasteiger partial charge on any atom is -0.493 e. The van der Waals surface area contributed by atoms with Gasteiger partial charge >= 0.3 is 0 Å². The second-order valence-corrected chi connectivity index (χ2v) is 4.88. The quantitative estimate of drug-likeness (QED) is 0.358. The van der Waals surface area contributed by atoms with Crippen molar-refractivity contribution in [2.45, 2.75) is 0 Å². The molecule has 2 aromatic rings. The Kier molecular flexibility index (Phi) is 5.34. The number of hydrogen-bond acceptors (Lipinski definition) is 6. The van der Waals surface area contributed by atoms with Crippen molar-refractivity contribution in [3.05, 3.63) is 63.2 Å². The number of ether oxygens (including phenoxy) is 2. The summed E-state index contributed by atoms with van der Waals surface area (Å²) in [5, 5.41) is 29.6. The lowest BCUT2D eigenvalue weighted by Gasteiger charge is -2.09. The van der Waals surface area contributed by atoms with Gasteiger partial charge in [-0.15, -0.1) is 0 Å². The van der Waals surface area contributed by atoms with Crippen LogP contribution in [0.25, 0.3) is 11.6 Å². The average molecular weight is 335 g/mol. The van der Waals surface area contributed by atoms with E-state index in [0.717, 1.165) is 0 Å². The first-order valence-electron chi connectivity index (χ1n) is 7.06. The summed E-state index contributed by atoms with van der Waals surface area (Å²) in [6.45, 7) is 0. The first-order chi connectivity index (χ1) is 12.0. The standard InChI is InChI=1S/C18H13N3O4/c1-24-17-8-14(16(21(22)23)9-18(17)25-2)7-15(11-20)13-5-3-12(10-19)4-6-13/h3-9H,1-2H3/b15-7-. The van der Waals surface area contributed by atoms with Gasteiger partial charge in [-0.25, -0.2) is 0 Å². The van der Waals surface area contributed by atoms with E-state index in [2.05, 4.69) is 0 Å². The summed E-state index contributed by atoms with van der Waals surface area (Å²) in [7, 11) is 2.80. The molecular weight excluding hydrogens is 322 g/mol. The summed E-state index contributed by atoms with van der Waals surface area (Å²) in [4.78, 5) is 10.8. The van der Waals surface area contributed by atoms with E-state index in [1.54, 1.807) is 24.3 Å². The molecule has 124 valence electrons. The van der Waals surface area contributed by atoms with Gasteiger partial charge in [-0.05, 0) is 29.8 Å². The van der Waals surface area contributed by atoms with E-state index in [1.165, 1.54) is 32.4 Å². The third kappa shape index (κ3) is 3.74. The fourth-order valence-corrected chi connectivity index (χ4v) is 2.22. The molecule has 0 atom stereocenters. The molecule has 0 N–H and O–H groups in total. The molecule has 7 nitrogen and oxygen atoms in total. The van der Waals surface area contributed by atoms with Crippen LogP contribution in [0.4, 0.5) is 5.69 Å². The maximum atomic E-state index is 11.3. The average Bonchev–Trinajstić information content (AvgIpc) is 2.65. The number of rotatable bonds is 5. The van der Waals surface area contributed by atoms with Crippen LogP contribution in [0.2, 0.25) is 0 Å². The lowest BCUT2D eigenvalue weighted by molar-refractivity contribution is -0.385. The highest BCUT2D eigenvalue weighted by atomic mass is 16.6. The Morgan fingerprint density at radius 3 is 2.20 bits per heavy atom. The monoisotopic (exact) mass is 335 g/mol. The Labute approximate surface area is 144 Å². The maximum Gasteiger partial charge on any atom is 0.280 e. The van der Waals surface area contributed by atoms with Crippen molar-refractivity contribution in [2.75, 3.05) is 14.2 Å². The predicted molar refractivity (Wildman–Crippen MR) is 90.8 cm³/mol. The van der Waals surface area contributed by atoms with Crippen LogP contribution in [-0.2, 0) is 0 Å². The number of nitrogens with zero attached hydrogens (tertiary/aromatic N) is 3. The highest BCUT2D eigenvalue weighted by Crippen LogP contribution is 2.36. The predicted octanol–water partition coefficient (Wildman–Crippen LogP) is 3.55. The zero-order valence-corrected chi connectivity index (χ0v) is 13.5. The molecule has 7 heteroatoms. The number of allylic oxidation sites excluding steroid dienone is 1. The van der Waals surface area contributed by atoms with Crippen LogP contribution in [0.3, 0.4) is 0 Å². The molecule has 0 amide bonds. The van der Waals surface area contributed by atoms with Gasteiger partial charge in [-0.2, -0.15) is 10.5 Å². The zero-order valence-electron chi connectivity index (χ0n) is 13.5. The lowest BCUT2D eigenvalue weighted by atomic mass is 10.0. The van der Waals surface area contributed by atoms with Gasteiger partial charge < -0.3 is 9.47 Å². The summed E-state index contributed by atoms with van der Waals surface area (Å²) in [6, 6.07) is 13.1. The van der Waals surface area contributed by atoms with Crippen LogP contribution in [0.1, 0.15) is 16.7 Å². The third-order valence-electron chi connectivity index (χ3n) is 3.47. The number of benzene rings is 2. The molecule has 0 spiro atoms. The van der Waals surface area contributed by atoms with Crippen LogP contribution < -0.4 is 9.47 Å². The van der Waals surface area contributed by atoms with Crippen molar-refractivity contribution >= 4 is 17.3 Å². The molecule has 0 saturated carbocycles. The van der Waals surface area contributed by atoms with Crippen LogP contribution in [0, 0.1) is 32.8 Å². The summed E-state index contributed by atoms with van der Waals surface area (Å²) in [5.74, 6) is 0.541. The van der Waals surface area contributed by atoms with E-state index in [1.807, 2.05) is 12.1 Å². The fourth-order valence-electron chi connectivity index (χ4n) is 2.22. The van der Waals surface area contributed by atoms with E-state index in [4.69, 9.17) is 14.7 Å². The second kappa shape index (κ2) is 7.62. The van der Waals surface area contributed by atoms with Crippen molar-refractivity contribution in [2.24, 2.45) is 0 Å². The Morgan fingerprint density at radius 2 is 1.72 bits per heavy atom. The van der Waals surface area contributed by atoms with E-state index in [9.17, 15) is 15.4 Å². The van der Waals surface area contributed by atoms with E-state index in [0.29, 0.717) is 16.9 Å². The molecule has 25 heavy (non-hydrogen) atoms. The van der Waals surface area contributed by atoms with Gasteiger partial charge in [0.25, 0.3) is 5.69 Å². The van der Waals surface area contributed by atoms with Crippen LogP contribution >= 0.6 is 0 Å². The number of nitriles is 2. The van der Waals surface area contributed by atoms with Gasteiger partial charge in [0.2, 0.25) is 0 Å². The minimum atomic E-state index is -0.554. The fraction of sp³-hybridized carbons (Fsp3) is 0.111. The molecule has 0 fully saturated rings. The Hall–Kier alpha value is -3.84. The zero-order chi connectivity index (χ0) is 18.4. The number of methoxy groups -OCH3 is 2. The summed E-state index contributed by atoms with van der Waals surface area (Å²) < 4.78 is 10.2. The molecule has 0 aliphatic rings. The van der Waals surface area contributed by atoms with Crippen molar-refractivity contribution in [3.8, 4) is 23.6 Å². The molecule has 0 saturated heterocycles. The Bertz CT molecular complexity index is 919. The van der Waals surface area contributed by atoms with Crippen molar-refractivity contribution in [1.29, 1.82) is 10.5 Å². The van der Waals surface area contributed by atoms with Crippen molar-refractivity contribution < 1.29 is 14.4 Å². The van der Waals surface area contributed by atoms with Gasteiger partial charge in [0, 0.05) is 0 Å². The number of nitro groups is 1. The number of hydrogen-bond donors (Lipinski definition) is 0. The normalized spacial score (nSPS) is 10.5. The highest BCUT2D eigenvalue weighted by molar-refractivity contribution is 5.91. The Morgan fingerprint density at radius 1 is 1.12 bits per heavy atom. The molecular formula is C18H13N3O4. The van der Waals surface area contributed by atoms with Gasteiger partial charge in [-0.1, -0.05) is 12.1 Å². The van der Waals surface area contributed by atoms with Crippen molar-refractivity contribution in [3.63, 3.8) is 0 Å². The molecule has 0 heterocycles. The van der Waals surface area contributed by atoms with Crippen LogP contribution in [0.5, 0.6) is 11.5 Å². The second-order valence-electron chi connectivity index (χ2n) is 4.88. The molecule has 0 aromatic heterocycles. The molecule has 0 aliphatic heterocycles. The van der Waals surface area contributed by atoms with Crippen molar-refractivity contribution in [1.82, 2.24) is 0 Å². The molecule has 0 aliphatic carbocycles. The SMILES string of the molecule is COc1cc(/C=C(/C#N)c2ccc(C#N)cc2)c([N+](=O)[O-])cc1OC. The molecule has 2 rings (SSSR count). The van der Waals surface area contributed by atoms with E-state index < -0.39 is 4.92 Å². The minimum absolute atomic E-state index is 0.209. The molecule has 0 unspecified atom stereocenters. The summed E-state index contributed by atoms with van der Waals surface area (Å²) >= 11 is 0. The van der Waals surface area contributed by atoms with Gasteiger partial charge in [0.05, 0.1) is 54.0 Å². The third-order valence-corrected chi connectivity index (χ3v) is 3.47. The topological polar surface area (TPSA) is 109 Å². The maximum absolute atomic E-state index is 11.3. The summed E-state index contributed by atoms with van der Waals surface area (Å²) in [6.07, 6.45) is 1.40. The van der Waals surface area contributed by atoms with Gasteiger partial charge in [0.15, 0.2) is 11.5 Å². The van der Waals surface area contributed by atoms with Gasteiger partial charge in [-0.3, -0.25) is 10.1 Å². The first kappa shape index (κ1) is 17.5. The van der Waals surface area contributed by atoms with Crippen LogP contribution in [0.15, 0.2) is 36.4 Å². The lowest BCUT2D eigenvalue weighted by Crippen LogP contribution is -1.97. The van der Waals surface area contributed by atoms with E-state index in [-0.39, 0.29) is 22.6 Å². The molecule has 0 radical (unpaired) electrons. The highest BCUT2D eigenvalue weighted by Gasteiger charge is 2.19. The first-order valence-corrected chi connectivity index (χ1v) is 7.06.